The Morgan fingerprint density at radius 2 is 1.96 bits per heavy atom. The molecule has 0 bridgehead atoms. The number of amides is 1. The van der Waals surface area contributed by atoms with Crippen LogP contribution in [0.15, 0.2) is 43.0 Å². The lowest BCUT2D eigenvalue weighted by Crippen LogP contribution is -2.39. The minimum absolute atomic E-state index is 0.0862. The predicted octanol–water partition coefficient (Wildman–Crippen LogP) is 3.71. The Bertz CT molecular complexity index is 959. The molecule has 1 amide bonds. The second-order valence-corrected chi connectivity index (χ2v) is 7.43. The van der Waals surface area contributed by atoms with Crippen molar-refractivity contribution in [2.24, 2.45) is 0 Å². The lowest BCUT2D eigenvalue weighted by Gasteiger charge is -2.32. The van der Waals surface area contributed by atoms with Crippen molar-refractivity contribution >= 4 is 17.5 Å². The third-order valence-electron chi connectivity index (χ3n) is 5.22. The van der Waals surface area contributed by atoms with Gasteiger partial charge in [-0.1, -0.05) is 23.7 Å². The molecule has 2 aromatic heterocycles. The molecule has 0 aliphatic carbocycles. The summed E-state index contributed by atoms with van der Waals surface area (Å²) in [6.45, 7) is 3.51. The van der Waals surface area contributed by atoms with E-state index >= 15 is 0 Å². The molecular weight excluding hydrogens is 381 g/mol. The summed E-state index contributed by atoms with van der Waals surface area (Å²) in [7, 11) is 0. The van der Waals surface area contributed by atoms with Crippen molar-refractivity contribution in [2.75, 3.05) is 13.1 Å². The highest BCUT2D eigenvalue weighted by molar-refractivity contribution is 6.33. The molecule has 1 aliphatic rings. The summed E-state index contributed by atoms with van der Waals surface area (Å²) in [5.41, 5.74) is 1.92. The number of hydrogen-bond acceptors (Lipinski definition) is 3. The predicted molar refractivity (Wildman–Crippen MR) is 104 cm³/mol. The second kappa shape index (κ2) is 7.75. The standard InChI is InChI=1S/C20H21ClFN5O/c1-14-18(19(21)27(24-14)12-15-2-4-16(22)5-3-15)20(28)25-9-6-17(7-10-25)26-11-8-23-13-26/h2-5,8,11,13,17H,6-7,9-10,12H2,1H3. The average molecular weight is 402 g/mol. The van der Waals surface area contributed by atoms with Crippen molar-refractivity contribution in [1.82, 2.24) is 24.2 Å². The number of aromatic nitrogens is 4. The molecule has 3 aromatic rings. The first-order valence-corrected chi connectivity index (χ1v) is 9.65. The van der Waals surface area contributed by atoms with Gasteiger partial charge in [-0.25, -0.2) is 14.1 Å². The number of aryl methyl sites for hydroxylation is 1. The number of likely N-dealkylation sites (tertiary alicyclic amines) is 1. The molecule has 1 fully saturated rings. The molecule has 0 radical (unpaired) electrons. The SMILES string of the molecule is Cc1nn(Cc2ccc(F)cc2)c(Cl)c1C(=O)N1CCC(n2ccnc2)CC1. The molecule has 1 aliphatic heterocycles. The van der Waals surface area contributed by atoms with Crippen LogP contribution in [0.3, 0.4) is 0 Å². The van der Waals surface area contributed by atoms with Crippen LogP contribution in [0.25, 0.3) is 0 Å². The van der Waals surface area contributed by atoms with Gasteiger partial charge in [0.1, 0.15) is 11.0 Å². The van der Waals surface area contributed by atoms with Gasteiger partial charge in [-0.2, -0.15) is 5.10 Å². The van der Waals surface area contributed by atoms with E-state index in [0.717, 1.165) is 18.4 Å². The van der Waals surface area contributed by atoms with Crippen LogP contribution in [-0.4, -0.2) is 43.2 Å². The van der Waals surface area contributed by atoms with Gasteiger partial charge in [0.2, 0.25) is 0 Å². The van der Waals surface area contributed by atoms with Gasteiger partial charge in [-0.3, -0.25) is 4.79 Å². The van der Waals surface area contributed by atoms with Crippen molar-refractivity contribution < 1.29 is 9.18 Å². The fourth-order valence-electron chi connectivity index (χ4n) is 3.67. The number of piperidine rings is 1. The zero-order chi connectivity index (χ0) is 19.7. The fourth-order valence-corrected chi connectivity index (χ4v) is 3.99. The van der Waals surface area contributed by atoms with E-state index in [1.807, 2.05) is 17.4 Å². The van der Waals surface area contributed by atoms with E-state index in [9.17, 15) is 9.18 Å². The third kappa shape index (κ3) is 3.67. The van der Waals surface area contributed by atoms with Crippen LogP contribution in [-0.2, 0) is 6.54 Å². The summed E-state index contributed by atoms with van der Waals surface area (Å²) in [6.07, 6.45) is 7.31. The van der Waals surface area contributed by atoms with Crippen molar-refractivity contribution in [2.45, 2.75) is 32.4 Å². The van der Waals surface area contributed by atoms with Gasteiger partial charge in [-0.05, 0) is 37.5 Å². The van der Waals surface area contributed by atoms with Gasteiger partial charge < -0.3 is 9.47 Å². The zero-order valence-corrected chi connectivity index (χ0v) is 16.3. The maximum Gasteiger partial charge on any atom is 0.258 e. The molecule has 8 heteroatoms. The number of imidazole rings is 1. The van der Waals surface area contributed by atoms with Crippen molar-refractivity contribution in [3.8, 4) is 0 Å². The molecule has 1 saturated heterocycles. The maximum absolute atomic E-state index is 13.1. The summed E-state index contributed by atoms with van der Waals surface area (Å²) in [4.78, 5) is 19.0. The van der Waals surface area contributed by atoms with E-state index in [4.69, 9.17) is 11.6 Å². The van der Waals surface area contributed by atoms with E-state index in [-0.39, 0.29) is 11.7 Å². The lowest BCUT2D eigenvalue weighted by atomic mass is 10.0. The van der Waals surface area contributed by atoms with Gasteiger partial charge in [0.25, 0.3) is 5.91 Å². The number of halogens is 2. The summed E-state index contributed by atoms with van der Waals surface area (Å²) in [5, 5.41) is 4.75. The smallest absolute Gasteiger partial charge is 0.258 e. The molecule has 146 valence electrons. The van der Waals surface area contributed by atoms with Crippen LogP contribution in [0.5, 0.6) is 0 Å². The van der Waals surface area contributed by atoms with Crippen LogP contribution in [0.2, 0.25) is 5.15 Å². The van der Waals surface area contributed by atoms with E-state index in [2.05, 4.69) is 14.6 Å². The van der Waals surface area contributed by atoms with Crippen LogP contribution < -0.4 is 0 Å². The van der Waals surface area contributed by atoms with Gasteiger partial charge in [-0.15, -0.1) is 0 Å². The normalized spacial score (nSPS) is 15.2. The number of hydrogen-bond donors (Lipinski definition) is 0. The van der Waals surface area contributed by atoms with E-state index < -0.39 is 0 Å². The molecule has 0 N–H and O–H groups in total. The first kappa shape index (κ1) is 18.7. The minimum Gasteiger partial charge on any atom is -0.338 e. The highest BCUT2D eigenvalue weighted by atomic mass is 35.5. The van der Waals surface area contributed by atoms with Gasteiger partial charge in [0.15, 0.2) is 0 Å². The third-order valence-corrected chi connectivity index (χ3v) is 5.61. The molecule has 1 aromatic carbocycles. The summed E-state index contributed by atoms with van der Waals surface area (Å²) < 4.78 is 16.8. The van der Waals surface area contributed by atoms with Crippen molar-refractivity contribution in [1.29, 1.82) is 0 Å². The molecule has 0 atom stereocenters. The highest BCUT2D eigenvalue weighted by Crippen LogP contribution is 2.27. The highest BCUT2D eigenvalue weighted by Gasteiger charge is 2.29. The Hall–Kier alpha value is -2.67. The fraction of sp³-hybridized carbons (Fsp3) is 0.350. The Kier molecular flexibility index (Phi) is 5.17. The lowest BCUT2D eigenvalue weighted by molar-refractivity contribution is 0.0694. The Morgan fingerprint density at radius 3 is 2.61 bits per heavy atom. The molecule has 0 saturated carbocycles. The first-order chi connectivity index (χ1) is 13.5. The van der Waals surface area contributed by atoms with Crippen LogP contribution in [0.1, 0.15) is 40.5 Å². The topological polar surface area (TPSA) is 56.0 Å². The Labute approximate surface area is 167 Å². The molecule has 0 spiro atoms. The molecule has 4 rings (SSSR count). The van der Waals surface area contributed by atoms with E-state index in [1.54, 1.807) is 29.9 Å². The monoisotopic (exact) mass is 401 g/mol. The van der Waals surface area contributed by atoms with Crippen LogP contribution in [0, 0.1) is 12.7 Å². The second-order valence-electron chi connectivity index (χ2n) is 7.07. The zero-order valence-electron chi connectivity index (χ0n) is 15.6. The number of nitrogens with zero attached hydrogens (tertiary/aromatic N) is 5. The summed E-state index contributed by atoms with van der Waals surface area (Å²) in [5.74, 6) is -0.376. The largest absolute Gasteiger partial charge is 0.338 e. The Morgan fingerprint density at radius 1 is 1.25 bits per heavy atom. The summed E-state index contributed by atoms with van der Waals surface area (Å²) in [6, 6.07) is 6.53. The molecule has 6 nitrogen and oxygen atoms in total. The quantitative estimate of drug-likeness (QED) is 0.669. The minimum atomic E-state index is -0.290. The van der Waals surface area contributed by atoms with Gasteiger partial charge in [0, 0.05) is 31.5 Å². The van der Waals surface area contributed by atoms with Crippen molar-refractivity contribution in [3.63, 3.8) is 0 Å². The van der Waals surface area contributed by atoms with Crippen LogP contribution in [0.4, 0.5) is 4.39 Å². The summed E-state index contributed by atoms with van der Waals surface area (Å²) >= 11 is 6.50. The number of benzene rings is 1. The molecule has 28 heavy (non-hydrogen) atoms. The first-order valence-electron chi connectivity index (χ1n) is 9.27. The number of rotatable bonds is 4. The van der Waals surface area contributed by atoms with Crippen molar-refractivity contribution in [3.05, 3.63) is 70.8 Å². The van der Waals surface area contributed by atoms with E-state index in [1.165, 1.54) is 12.1 Å². The number of carbonyl (C=O) groups excluding carboxylic acids is 1. The van der Waals surface area contributed by atoms with Gasteiger partial charge in [0.05, 0.1) is 24.1 Å². The molecule has 3 heterocycles. The van der Waals surface area contributed by atoms with Crippen LogP contribution >= 0.6 is 11.6 Å². The number of carbonyl (C=O) groups is 1. The van der Waals surface area contributed by atoms with Gasteiger partial charge >= 0.3 is 0 Å². The average Bonchev–Trinajstić information content (AvgIpc) is 3.32. The maximum atomic E-state index is 13.1. The van der Waals surface area contributed by atoms with E-state index in [0.29, 0.717) is 42.1 Å². The Balaban J connectivity index is 1.47. The molecular formula is C20H21ClFN5O. The molecule has 0 unspecified atom stereocenters.